The molecule has 0 radical (unpaired) electrons. The maximum absolute atomic E-state index is 12.8. The van der Waals surface area contributed by atoms with E-state index in [-0.39, 0.29) is 30.4 Å². The highest BCUT2D eigenvalue weighted by atomic mass is 35.5. The van der Waals surface area contributed by atoms with Crippen molar-refractivity contribution < 1.29 is 19.0 Å². The molecule has 8 nitrogen and oxygen atoms in total. The molecule has 176 valence electrons. The number of benzene rings is 1. The molecule has 2 atom stereocenters. The third kappa shape index (κ3) is 4.73. The van der Waals surface area contributed by atoms with Gasteiger partial charge in [0.05, 0.1) is 41.6 Å². The van der Waals surface area contributed by atoms with Crippen LogP contribution in [0.3, 0.4) is 0 Å². The van der Waals surface area contributed by atoms with Crippen LogP contribution in [-0.4, -0.2) is 58.5 Å². The van der Waals surface area contributed by atoms with Crippen molar-refractivity contribution in [3.63, 3.8) is 0 Å². The van der Waals surface area contributed by atoms with Gasteiger partial charge in [0.1, 0.15) is 24.4 Å². The molecule has 5 rings (SSSR count). The van der Waals surface area contributed by atoms with Crippen LogP contribution in [0.2, 0.25) is 5.02 Å². The number of nitrogens with one attached hydrogen (secondary N) is 1. The van der Waals surface area contributed by atoms with Crippen molar-refractivity contribution in [2.75, 3.05) is 18.5 Å². The maximum Gasteiger partial charge on any atom is 0.410 e. The van der Waals surface area contributed by atoms with Gasteiger partial charge in [-0.3, -0.25) is 4.90 Å². The van der Waals surface area contributed by atoms with Crippen LogP contribution in [0.25, 0.3) is 0 Å². The molecule has 0 spiro atoms. The SMILES string of the molecule is Cc1ccc(Nc2ncnc(OC3CC4COCC(C3)N4C(=O)OC3CCC3)c2C)c(Cl)c1. The molecule has 2 aliphatic heterocycles. The van der Waals surface area contributed by atoms with Crippen LogP contribution in [-0.2, 0) is 9.47 Å². The normalized spacial score (nSPS) is 24.7. The highest BCUT2D eigenvalue weighted by molar-refractivity contribution is 6.33. The summed E-state index contributed by atoms with van der Waals surface area (Å²) in [7, 11) is 0. The highest BCUT2D eigenvalue weighted by Crippen LogP contribution is 2.34. The minimum Gasteiger partial charge on any atom is -0.474 e. The average molecular weight is 473 g/mol. The number of hydrogen-bond donors (Lipinski definition) is 1. The van der Waals surface area contributed by atoms with E-state index < -0.39 is 0 Å². The first-order valence-corrected chi connectivity index (χ1v) is 11.9. The molecule has 1 aliphatic carbocycles. The minimum atomic E-state index is -0.212. The van der Waals surface area contributed by atoms with Crippen LogP contribution in [0, 0.1) is 13.8 Å². The summed E-state index contributed by atoms with van der Waals surface area (Å²) >= 11 is 6.37. The van der Waals surface area contributed by atoms with E-state index in [0.717, 1.165) is 36.1 Å². The summed E-state index contributed by atoms with van der Waals surface area (Å²) in [5.41, 5.74) is 2.67. The second kappa shape index (κ2) is 9.35. The van der Waals surface area contributed by atoms with Crippen molar-refractivity contribution in [3.05, 3.63) is 40.7 Å². The second-order valence-electron chi connectivity index (χ2n) is 9.16. The molecule has 1 N–H and O–H groups in total. The summed E-state index contributed by atoms with van der Waals surface area (Å²) in [6.07, 6.45) is 5.69. The molecule has 2 aromatic rings. The zero-order valence-corrected chi connectivity index (χ0v) is 19.7. The Morgan fingerprint density at radius 1 is 1.15 bits per heavy atom. The standard InChI is InChI=1S/C24H29ClN4O4/c1-14-6-7-21(20(25)8-14)28-22-15(2)23(27-13-26-22)32-19-9-16-11-31-12-17(10-19)29(16)24(30)33-18-4-3-5-18/h6-8,13,16-19H,3-5,9-12H2,1-2H3,(H,26,27,28). The molecular weight excluding hydrogens is 444 g/mol. The van der Waals surface area contributed by atoms with Crippen LogP contribution < -0.4 is 10.1 Å². The maximum atomic E-state index is 12.8. The number of rotatable bonds is 5. The third-order valence-corrected chi connectivity index (χ3v) is 7.01. The Morgan fingerprint density at radius 3 is 2.58 bits per heavy atom. The van der Waals surface area contributed by atoms with Crippen molar-refractivity contribution in [1.29, 1.82) is 0 Å². The molecular formula is C24H29ClN4O4. The van der Waals surface area contributed by atoms with E-state index >= 15 is 0 Å². The molecule has 1 saturated carbocycles. The first-order chi connectivity index (χ1) is 16.0. The fourth-order valence-electron chi connectivity index (χ4n) is 4.64. The quantitative estimate of drug-likeness (QED) is 0.669. The van der Waals surface area contributed by atoms with Crippen molar-refractivity contribution in [3.8, 4) is 5.88 Å². The van der Waals surface area contributed by atoms with Crippen molar-refractivity contribution in [2.24, 2.45) is 0 Å². The molecule has 2 bridgehead atoms. The summed E-state index contributed by atoms with van der Waals surface area (Å²) in [4.78, 5) is 23.4. The van der Waals surface area contributed by atoms with E-state index in [1.54, 1.807) is 0 Å². The van der Waals surface area contributed by atoms with Gasteiger partial charge < -0.3 is 19.5 Å². The molecule has 9 heteroatoms. The van der Waals surface area contributed by atoms with Gasteiger partial charge in [0.15, 0.2) is 0 Å². The van der Waals surface area contributed by atoms with Crippen molar-refractivity contribution in [1.82, 2.24) is 14.9 Å². The van der Waals surface area contributed by atoms with Crippen LogP contribution in [0.5, 0.6) is 5.88 Å². The van der Waals surface area contributed by atoms with Gasteiger partial charge in [0, 0.05) is 12.8 Å². The van der Waals surface area contributed by atoms with Gasteiger partial charge in [0.2, 0.25) is 5.88 Å². The monoisotopic (exact) mass is 472 g/mol. The number of hydrogen-bond acceptors (Lipinski definition) is 7. The number of fused-ring (bicyclic) bond motifs is 2. The average Bonchev–Trinajstić information content (AvgIpc) is 2.74. The van der Waals surface area contributed by atoms with Gasteiger partial charge >= 0.3 is 6.09 Å². The molecule has 3 aliphatic rings. The zero-order valence-electron chi connectivity index (χ0n) is 18.9. The van der Waals surface area contributed by atoms with E-state index in [4.69, 9.17) is 25.8 Å². The number of anilines is 2. The molecule has 3 heterocycles. The Labute approximate surface area is 198 Å². The highest BCUT2D eigenvalue weighted by Gasteiger charge is 2.44. The first kappa shape index (κ1) is 22.2. The third-order valence-electron chi connectivity index (χ3n) is 6.70. The predicted molar refractivity (Wildman–Crippen MR) is 124 cm³/mol. The Kier molecular flexibility index (Phi) is 6.29. The number of halogens is 1. The Bertz CT molecular complexity index is 1020. The first-order valence-electron chi connectivity index (χ1n) is 11.6. The lowest BCUT2D eigenvalue weighted by molar-refractivity contribution is -0.0984. The molecule has 1 amide bonds. The summed E-state index contributed by atoms with van der Waals surface area (Å²) in [5.74, 6) is 1.18. The number of aromatic nitrogens is 2. The zero-order chi connectivity index (χ0) is 22.9. The number of aryl methyl sites for hydroxylation is 1. The van der Waals surface area contributed by atoms with Gasteiger partial charge in [-0.2, -0.15) is 0 Å². The van der Waals surface area contributed by atoms with Crippen LogP contribution >= 0.6 is 11.6 Å². The number of carbonyl (C=O) groups is 1. The van der Waals surface area contributed by atoms with Crippen molar-refractivity contribution >= 4 is 29.2 Å². The summed E-state index contributed by atoms with van der Waals surface area (Å²) in [6.45, 7) is 4.92. The minimum absolute atomic E-state index is 0.0545. The van der Waals surface area contributed by atoms with Gasteiger partial charge in [-0.1, -0.05) is 17.7 Å². The number of amides is 1. The van der Waals surface area contributed by atoms with Crippen LogP contribution in [0.1, 0.15) is 43.2 Å². The molecule has 1 aromatic heterocycles. The number of ether oxygens (including phenoxy) is 3. The fourth-order valence-corrected chi connectivity index (χ4v) is 4.92. The van der Waals surface area contributed by atoms with Gasteiger partial charge in [-0.05, 0) is 50.8 Å². The lowest BCUT2D eigenvalue weighted by Gasteiger charge is -2.47. The van der Waals surface area contributed by atoms with E-state index in [2.05, 4.69) is 15.3 Å². The molecule has 2 saturated heterocycles. The second-order valence-corrected chi connectivity index (χ2v) is 9.57. The summed E-state index contributed by atoms with van der Waals surface area (Å²) in [6, 6.07) is 5.72. The molecule has 3 fully saturated rings. The van der Waals surface area contributed by atoms with E-state index in [1.165, 1.54) is 6.33 Å². The number of nitrogens with zero attached hydrogens (tertiary/aromatic N) is 3. The lowest BCUT2D eigenvalue weighted by atomic mass is 9.92. The largest absolute Gasteiger partial charge is 0.474 e. The number of morpholine rings is 1. The van der Waals surface area contributed by atoms with Crippen LogP contribution in [0.15, 0.2) is 24.5 Å². The molecule has 1 aromatic carbocycles. The molecule has 2 unspecified atom stereocenters. The van der Waals surface area contributed by atoms with Crippen LogP contribution in [0.4, 0.5) is 16.3 Å². The predicted octanol–water partition coefficient (Wildman–Crippen LogP) is 4.79. The fraction of sp³-hybridized carbons (Fsp3) is 0.542. The van der Waals surface area contributed by atoms with Gasteiger partial charge in [-0.25, -0.2) is 14.8 Å². The summed E-state index contributed by atoms with van der Waals surface area (Å²) < 4.78 is 17.7. The summed E-state index contributed by atoms with van der Waals surface area (Å²) in [5, 5.41) is 3.91. The Hall–Kier alpha value is -2.58. The van der Waals surface area contributed by atoms with Crippen molar-refractivity contribution in [2.45, 2.75) is 70.2 Å². The number of carbonyl (C=O) groups excluding carboxylic acids is 1. The van der Waals surface area contributed by atoms with Gasteiger partial charge in [0.25, 0.3) is 0 Å². The lowest BCUT2D eigenvalue weighted by Crippen LogP contribution is -2.61. The topological polar surface area (TPSA) is 85.8 Å². The van der Waals surface area contributed by atoms with E-state index in [1.807, 2.05) is 36.9 Å². The van der Waals surface area contributed by atoms with E-state index in [0.29, 0.717) is 42.8 Å². The molecule has 33 heavy (non-hydrogen) atoms. The Morgan fingerprint density at radius 2 is 1.91 bits per heavy atom. The van der Waals surface area contributed by atoms with Gasteiger partial charge in [-0.15, -0.1) is 0 Å². The smallest absolute Gasteiger partial charge is 0.410 e. The number of piperidine rings is 1. The van der Waals surface area contributed by atoms with E-state index in [9.17, 15) is 4.79 Å². The Balaban J connectivity index is 1.27.